The molecule has 0 amide bonds. The van der Waals surface area contributed by atoms with Gasteiger partial charge in [0, 0.05) is 10.8 Å². The standard InChI is InChI=1S/C17H19N3OS/c1-10(2)22-17-19-15(12(4)16(21)20-17)14(9-18)13-7-5-11(3)6-8-13/h5-8,10,14H,1-4H3,(H,19,20,21). The van der Waals surface area contributed by atoms with Gasteiger partial charge in [-0.25, -0.2) is 4.98 Å². The molecule has 0 aliphatic carbocycles. The average Bonchev–Trinajstić information content (AvgIpc) is 2.46. The van der Waals surface area contributed by atoms with Crippen molar-refractivity contribution >= 4 is 11.8 Å². The highest BCUT2D eigenvalue weighted by atomic mass is 32.2. The highest BCUT2D eigenvalue weighted by Crippen LogP contribution is 2.26. The fraction of sp³-hybridized carbons (Fsp3) is 0.353. The summed E-state index contributed by atoms with van der Waals surface area (Å²) in [6.07, 6.45) is 0. The van der Waals surface area contributed by atoms with Gasteiger partial charge in [0.05, 0.1) is 11.8 Å². The molecule has 2 rings (SSSR count). The van der Waals surface area contributed by atoms with Gasteiger partial charge in [-0.05, 0) is 19.4 Å². The van der Waals surface area contributed by atoms with Gasteiger partial charge in [0.2, 0.25) is 0 Å². The zero-order valence-corrected chi connectivity index (χ0v) is 14.0. The molecule has 4 nitrogen and oxygen atoms in total. The molecule has 1 aromatic carbocycles. The normalized spacial score (nSPS) is 12.2. The summed E-state index contributed by atoms with van der Waals surface area (Å²) >= 11 is 1.48. The molecule has 1 unspecified atom stereocenters. The van der Waals surface area contributed by atoms with E-state index >= 15 is 0 Å². The quantitative estimate of drug-likeness (QED) is 0.692. The second-order valence-electron chi connectivity index (χ2n) is 5.52. The van der Waals surface area contributed by atoms with E-state index in [1.165, 1.54) is 11.8 Å². The van der Waals surface area contributed by atoms with Crippen LogP contribution >= 0.6 is 11.8 Å². The summed E-state index contributed by atoms with van der Waals surface area (Å²) in [5.41, 5.74) is 2.85. The van der Waals surface area contributed by atoms with E-state index in [9.17, 15) is 10.1 Å². The Labute approximate surface area is 134 Å². The molecule has 2 aromatic rings. The molecule has 0 aliphatic heterocycles. The van der Waals surface area contributed by atoms with E-state index < -0.39 is 5.92 Å². The predicted molar refractivity (Wildman–Crippen MR) is 89.2 cm³/mol. The molecular formula is C17H19N3OS. The Balaban J connectivity index is 2.53. The lowest BCUT2D eigenvalue weighted by Gasteiger charge is -2.13. The van der Waals surface area contributed by atoms with Crippen LogP contribution in [0.1, 0.15) is 42.1 Å². The summed E-state index contributed by atoms with van der Waals surface area (Å²) in [4.78, 5) is 19.4. The zero-order valence-electron chi connectivity index (χ0n) is 13.2. The number of hydrogen-bond donors (Lipinski definition) is 1. The molecule has 0 saturated heterocycles. The summed E-state index contributed by atoms with van der Waals surface area (Å²) in [6.45, 7) is 7.78. The van der Waals surface area contributed by atoms with Crippen molar-refractivity contribution in [3.63, 3.8) is 0 Å². The first kappa shape index (κ1) is 16.3. The van der Waals surface area contributed by atoms with Gasteiger partial charge in [-0.2, -0.15) is 5.26 Å². The van der Waals surface area contributed by atoms with Crippen molar-refractivity contribution in [1.29, 1.82) is 5.26 Å². The van der Waals surface area contributed by atoms with Crippen LogP contribution in [-0.2, 0) is 0 Å². The molecule has 1 N–H and O–H groups in total. The Morgan fingerprint density at radius 3 is 2.41 bits per heavy atom. The first-order valence-corrected chi connectivity index (χ1v) is 8.04. The molecule has 1 atom stereocenters. The first-order valence-electron chi connectivity index (χ1n) is 7.16. The maximum absolute atomic E-state index is 12.1. The van der Waals surface area contributed by atoms with Gasteiger partial charge in [-0.1, -0.05) is 55.4 Å². The minimum absolute atomic E-state index is 0.180. The minimum atomic E-state index is -0.533. The number of aromatic amines is 1. The van der Waals surface area contributed by atoms with Crippen molar-refractivity contribution < 1.29 is 0 Å². The second kappa shape index (κ2) is 6.80. The summed E-state index contributed by atoms with van der Waals surface area (Å²) in [5.74, 6) is -0.533. The maximum Gasteiger partial charge on any atom is 0.254 e. The van der Waals surface area contributed by atoms with Crippen molar-refractivity contribution in [2.24, 2.45) is 0 Å². The molecule has 0 fully saturated rings. The fourth-order valence-electron chi connectivity index (χ4n) is 2.14. The molecule has 5 heteroatoms. The third kappa shape index (κ3) is 3.58. The van der Waals surface area contributed by atoms with E-state index in [0.717, 1.165) is 11.1 Å². The van der Waals surface area contributed by atoms with Gasteiger partial charge in [-0.3, -0.25) is 4.79 Å². The largest absolute Gasteiger partial charge is 0.301 e. The highest BCUT2D eigenvalue weighted by molar-refractivity contribution is 7.99. The van der Waals surface area contributed by atoms with Crippen LogP contribution in [0.4, 0.5) is 0 Å². The van der Waals surface area contributed by atoms with E-state index in [0.29, 0.717) is 21.7 Å². The van der Waals surface area contributed by atoms with Crippen LogP contribution in [0.5, 0.6) is 0 Å². The topological polar surface area (TPSA) is 69.5 Å². The van der Waals surface area contributed by atoms with Crippen LogP contribution in [0.15, 0.2) is 34.2 Å². The molecule has 114 valence electrons. The summed E-state index contributed by atoms with van der Waals surface area (Å²) < 4.78 is 0. The molecule has 0 aliphatic rings. The number of nitrogens with zero attached hydrogens (tertiary/aromatic N) is 2. The Morgan fingerprint density at radius 1 is 1.23 bits per heavy atom. The molecular weight excluding hydrogens is 294 g/mol. The van der Waals surface area contributed by atoms with Gasteiger partial charge in [0.1, 0.15) is 5.92 Å². The van der Waals surface area contributed by atoms with E-state index in [2.05, 4.69) is 16.0 Å². The summed E-state index contributed by atoms with van der Waals surface area (Å²) in [5, 5.41) is 10.4. The van der Waals surface area contributed by atoms with Gasteiger partial charge < -0.3 is 4.98 Å². The number of aromatic nitrogens is 2. The highest BCUT2D eigenvalue weighted by Gasteiger charge is 2.20. The van der Waals surface area contributed by atoms with Crippen LogP contribution in [0.3, 0.4) is 0 Å². The van der Waals surface area contributed by atoms with E-state index in [1.807, 2.05) is 45.0 Å². The van der Waals surface area contributed by atoms with Crippen LogP contribution < -0.4 is 5.56 Å². The molecule has 0 saturated carbocycles. The number of aryl methyl sites for hydroxylation is 1. The third-order valence-corrected chi connectivity index (χ3v) is 4.22. The molecule has 1 heterocycles. The van der Waals surface area contributed by atoms with Crippen molar-refractivity contribution in [3.05, 3.63) is 57.0 Å². The van der Waals surface area contributed by atoms with Crippen molar-refractivity contribution in [2.45, 2.75) is 44.0 Å². The number of nitrogens with one attached hydrogen (secondary N) is 1. The Hall–Kier alpha value is -2.06. The molecule has 0 bridgehead atoms. The second-order valence-corrected chi connectivity index (χ2v) is 7.09. The monoisotopic (exact) mass is 313 g/mol. The fourth-order valence-corrected chi connectivity index (χ4v) is 2.89. The van der Waals surface area contributed by atoms with Crippen LogP contribution in [0, 0.1) is 25.2 Å². The van der Waals surface area contributed by atoms with Gasteiger partial charge >= 0.3 is 0 Å². The lowest BCUT2D eigenvalue weighted by molar-refractivity contribution is 0.823. The van der Waals surface area contributed by atoms with Gasteiger partial charge in [0.15, 0.2) is 5.16 Å². The lowest BCUT2D eigenvalue weighted by Crippen LogP contribution is -2.18. The Morgan fingerprint density at radius 2 is 1.86 bits per heavy atom. The van der Waals surface area contributed by atoms with Gasteiger partial charge in [-0.15, -0.1) is 0 Å². The molecule has 0 radical (unpaired) electrons. The number of nitriles is 1. The number of rotatable bonds is 4. The maximum atomic E-state index is 12.1. The molecule has 1 aromatic heterocycles. The van der Waals surface area contributed by atoms with Crippen molar-refractivity contribution in [3.8, 4) is 6.07 Å². The first-order chi connectivity index (χ1) is 10.4. The Kier molecular flexibility index (Phi) is 5.04. The predicted octanol–water partition coefficient (Wildman–Crippen LogP) is 3.54. The zero-order chi connectivity index (χ0) is 16.3. The summed E-state index contributed by atoms with van der Waals surface area (Å²) in [7, 11) is 0. The van der Waals surface area contributed by atoms with E-state index in [-0.39, 0.29) is 5.56 Å². The molecule has 0 spiro atoms. The third-order valence-electron chi connectivity index (χ3n) is 3.33. The van der Waals surface area contributed by atoms with E-state index in [4.69, 9.17) is 0 Å². The van der Waals surface area contributed by atoms with E-state index in [1.54, 1.807) is 6.92 Å². The van der Waals surface area contributed by atoms with Crippen LogP contribution in [0.2, 0.25) is 0 Å². The minimum Gasteiger partial charge on any atom is -0.301 e. The Bertz CT molecular complexity index is 757. The van der Waals surface area contributed by atoms with Gasteiger partial charge in [0.25, 0.3) is 5.56 Å². The summed E-state index contributed by atoms with van der Waals surface area (Å²) in [6, 6.07) is 10.0. The number of hydrogen-bond acceptors (Lipinski definition) is 4. The number of thioether (sulfide) groups is 1. The van der Waals surface area contributed by atoms with Crippen LogP contribution in [-0.4, -0.2) is 15.2 Å². The van der Waals surface area contributed by atoms with Crippen LogP contribution in [0.25, 0.3) is 0 Å². The number of benzene rings is 1. The average molecular weight is 313 g/mol. The SMILES string of the molecule is Cc1ccc(C(C#N)c2nc(SC(C)C)[nH]c(=O)c2C)cc1. The lowest BCUT2D eigenvalue weighted by atomic mass is 9.94. The smallest absolute Gasteiger partial charge is 0.254 e. The molecule has 22 heavy (non-hydrogen) atoms. The van der Waals surface area contributed by atoms with Crippen molar-refractivity contribution in [2.75, 3.05) is 0 Å². The van der Waals surface area contributed by atoms with Crippen molar-refractivity contribution in [1.82, 2.24) is 9.97 Å². The number of H-pyrrole nitrogens is 1.